The average molecular weight is 226 g/mol. The first-order valence-electron chi connectivity index (χ1n) is 5.67. The van der Waals surface area contributed by atoms with Crippen molar-refractivity contribution in [2.75, 3.05) is 0 Å². The molecule has 0 fully saturated rings. The van der Waals surface area contributed by atoms with Gasteiger partial charge in [0.05, 0.1) is 0 Å². The Bertz CT molecular complexity index is 618. The van der Waals surface area contributed by atoms with Gasteiger partial charge in [-0.25, -0.2) is 4.79 Å². The lowest BCUT2D eigenvalue weighted by Crippen LogP contribution is -1.97. The minimum Gasteiger partial charge on any atom is -0.423 e. The molecule has 2 heteroatoms. The van der Waals surface area contributed by atoms with Gasteiger partial charge in [-0.3, -0.25) is 0 Å². The predicted molar refractivity (Wildman–Crippen MR) is 70.9 cm³/mol. The fraction of sp³-hybridized carbons (Fsp3) is 0.133. The van der Waals surface area contributed by atoms with Crippen LogP contribution in [0.5, 0.6) is 0 Å². The molecule has 0 spiro atoms. The molecule has 0 bridgehead atoms. The number of allylic oxidation sites excluding steroid dienone is 3. The molecule has 1 aromatic carbocycles. The summed E-state index contributed by atoms with van der Waals surface area (Å²) in [4.78, 5) is 11.4. The fourth-order valence-electron chi connectivity index (χ4n) is 1.65. The van der Waals surface area contributed by atoms with Gasteiger partial charge in [-0.2, -0.15) is 0 Å². The molecule has 0 atom stereocenters. The summed E-state index contributed by atoms with van der Waals surface area (Å²) in [5.41, 5.74) is 1.19. The van der Waals surface area contributed by atoms with E-state index in [0.717, 1.165) is 17.4 Å². The monoisotopic (exact) mass is 226 g/mol. The molecule has 0 N–H and O–H groups in total. The Labute approximate surface area is 99.9 Å². The smallest absolute Gasteiger partial charge is 0.336 e. The second-order valence-corrected chi connectivity index (χ2v) is 3.71. The van der Waals surface area contributed by atoms with Crippen molar-refractivity contribution in [2.45, 2.75) is 13.3 Å². The maximum absolute atomic E-state index is 11.4. The van der Waals surface area contributed by atoms with Crippen molar-refractivity contribution in [3.05, 3.63) is 64.5 Å². The Kier molecular flexibility index (Phi) is 3.55. The van der Waals surface area contributed by atoms with Crippen LogP contribution in [0.25, 0.3) is 17.0 Å². The SMILES string of the molecule is CC/C=C/C=C/c1cc(=O)oc2ccccc12. The largest absolute Gasteiger partial charge is 0.423 e. The van der Waals surface area contributed by atoms with E-state index in [2.05, 4.69) is 13.0 Å². The number of hydrogen-bond acceptors (Lipinski definition) is 2. The average Bonchev–Trinajstić information content (AvgIpc) is 2.34. The minimum atomic E-state index is -0.317. The van der Waals surface area contributed by atoms with E-state index in [1.165, 1.54) is 6.07 Å². The van der Waals surface area contributed by atoms with Crippen molar-refractivity contribution in [2.24, 2.45) is 0 Å². The Morgan fingerprint density at radius 3 is 2.88 bits per heavy atom. The van der Waals surface area contributed by atoms with Gasteiger partial charge in [0.25, 0.3) is 0 Å². The molecule has 17 heavy (non-hydrogen) atoms. The van der Waals surface area contributed by atoms with E-state index in [1.807, 2.05) is 36.4 Å². The zero-order chi connectivity index (χ0) is 12.1. The van der Waals surface area contributed by atoms with Crippen molar-refractivity contribution in [3.8, 4) is 0 Å². The van der Waals surface area contributed by atoms with E-state index in [0.29, 0.717) is 5.58 Å². The molecule has 0 saturated heterocycles. The van der Waals surface area contributed by atoms with Crippen molar-refractivity contribution in [1.82, 2.24) is 0 Å². The maximum atomic E-state index is 11.4. The normalized spacial score (nSPS) is 11.8. The van der Waals surface area contributed by atoms with Gasteiger partial charge < -0.3 is 4.42 Å². The molecule has 86 valence electrons. The third kappa shape index (κ3) is 2.72. The fourth-order valence-corrected chi connectivity index (χ4v) is 1.65. The molecule has 0 amide bonds. The summed E-state index contributed by atoms with van der Waals surface area (Å²) >= 11 is 0. The summed E-state index contributed by atoms with van der Waals surface area (Å²) < 4.78 is 5.12. The third-order valence-electron chi connectivity index (χ3n) is 2.44. The lowest BCUT2D eigenvalue weighted by atomic mass is 10.1. The molecular formula is C15H14O2. The molecule has 0 saturated carbocycles. The number of fused-ring (bicyclic) bond motifs is 1. The van der Waals surface area contributed by atoms with E-state index in [4.69, 9.17) is 4.42 Å². The molecule has 2 aromatic rings. The van der Waals surface area contributed by atoms with Gasteiger partial charge >= 0.3 is 5.63 Å². The van der Waals surface area contributed by atoms with Crippen molar-refractivity contribution < 1.29 is 4.42 Å². The first-order chi connectivity index (χ1) is 8.31. The van der Waals surface area contributed by atoms with Gasteiger partial charge in [-0.15, -0.1) is 0 Å². The molecule has 0 aliphatic rings. The third-order valence-corrected chi connectivity index (χ3v) is 2.44. The Balaban J connectivity index is 2.49. The maximum Gasteiger partial charge on any atom is 0.336 e. The molecule has 0 aliphatic heterocycles. The Morgan fingerprint density at radius 2 is 2.06 bits per heavy atom. The molecular weight excluding hydrogens is 212 g/mol. The summed E-state index contributed by atoms with van der Waals surface area (Å²) in [6, 6.07) is 9.05. The van der Waals surface area contributed by atoms with Crippen LogP contribution in [0.3, 0.4) is 0 Å². The molecule has 1 heterocycles. The van der Waals surface area contributed by atoms with Crippen molar-refractivity contribution >= 4 is 17.0 Å². The number of para-hydroxylation sites is 1. The Hall–Kier alpha value is -2.09. The van der Waals surface area contributed by atoms with Crippen LogP contribution in [0.2, 0.25) is 0 Å². The zero-order valence-corrected chi connectivity index (χ0v) is 9.72. The first-order valence-corrected chi connectivity index (χ1v) is 5.67. The standard InChI is InChI=1S/C15H14O2/c1-2-3-4-5-8-12-11-15(16)17-14-10-7-6-9-13(12)14/h3-11H,2H2,1H3/b4-3+,8-5+. The van der Waals surface area contributed by atoms with Gasteiger partial charge in [-0.05, 0) is 18.1 Å². The summed E-state index contributed by atoms with van der Waals surface area (Å²) in [6.07, 6.45) is 8.89. The summed E-state index contributed by atoms with van der Waals surface area (Å²) in [6.45, 7) is 2.08. The van der Waals surface area contributed by atoms with Crippen LogP contribution in [0.15, 0.2) is 57.8 Å². The lowest BCUT2D eigenvalue weighted by Gasteiger charge is -1.99. The van der Waals surface area contributed by atoms with Crippen LogP contribution in [-0.4, -0.2) is 0 Å². The van der Waals surface area contributed by atoms with Crippen LogP contribution in [0, 0.1) is 0 Å². The Morgan fingerprint density at radius 1 is 1.24 bits per heavy atom. The highest BCUT2D eigenvalue weighted by Crippen LogP contribution is 2.17. The zero-order valence-electron chi connectivity index (χ0n) is 9.72. The summed E-state index contributed by atoms with van der Waals surface area (Å²) in [5.74, 6) is 0. The molecule has 2 nitrogen and oxygen atoms in total. The van der Waals surface area contributed by atoms with Crippen LogP contribution < -0.4 is 5.63 Å². The van der Waals surface area contributed by atoms with Crippen LogP contribution >= 0.6 is 0 Å². The molecule has 0 radical (unpaired) electrons. The van der Waals surface area contributed by atoms with E-state index in [9.17, 15) is 4.79 Å². The van der Waals surface area contributed by atoms with Crippen LogP contribution in [-0.2, 0) is 0 Å². The molecule has 2 rings (SSSR count). The van der Waals surface area contributed by atoms with E-state index in [-0.39, 0.29) is 5.63 Å². The first kappa shape index (κ1) is 11.4. The number of rotatable bonds is 3. The second kappa shape index (κ2) is 5.30. The van der Waals surface area contributed by atoms with Crippen molar-refractivity contribution in [3.63, 3.8) is 0 Å². The molecule has 1 aromatic heterocycles. The topological polar surface area (TPSA) is 30.2 Å². The van der Waals surface area contributed by atoms with E-state index >= 15 is 0 Å². The van der Waals surface area contributed by atoms with Crippen LogP contribution in [0.4, 0.5) is 0 Å². The summed E-state index contributed by atoms with van der Waals surface area (Å²) in [5, 5.41) is 0.952. The lowest BCUT2D eigenvalue weighted by molar-refractivity contribution is 0.560. The number of hydrogen-bond donors (Lipinski definition) is 0. The van der Waals surface area contributed by atoms with Crippen LogP contribution in [0.1, 0.15) is 18.9 Å². The van der Waals surface area contributed by atoms with Gasteiger partial charge in [0.2, 0.25) is 0 Å². The van der Waals surface area contributed by atoms with E-state index in [1.54, 1.807) is 6.07 Å². The highest BCUT2D eigenvalue weighted by atomic mass is 16.4. The molecule has 0 unspecified atom stereocenters. The van der Waals surface area contributed by atoms with Gasteiger partial charge in [-0.1, -0.05) is 49.4 Å². The second-order valence-electron chi connectivity index (χ2n) is 3.71. The summed E-state index contributed by atoms with van der Waals surface area (Å²) in [7, 11) is 0. The highest BCUT2D eigenvalue weighted by molar-refractivity contribution is 5.86. The van der Waals surface area contributed by atoms with Gasteiger partial charge in [0.15, 0.2) is 0 Å². The molecule has 0 aliphatic carbocycles. The van der Waals surface area contributed by atoms with E-state index < -0.39 is 0 Å². The highest BCUT2D eigenvalue weighted by Gasteiger charge is 2.00. The minimum absolute atomic E-state index is 0.317. The number of benzene rings is 1. The van der Waals surface area contributed by atoms with Crippen molar-refractivity contribution in [1.29, 1.82) is 0 Å². The predicted octanol–water partition coefficient (Wildman–Crippen LogP) is 3.77. The van der Waals surface area contributed by atoms with Gasteiger partial charge in [0, 0.05) is 11.5 Å². The quantitative estimate of drug-likeness (QED) is 0.589. The van der Waals surface area contributed by atoms with Gasteiger partial charge in [0.1, 0.15) is 5.58 Å².